The summed E-state index contributed by atoms with van der Waals surface area (Å²) >= 11 is 0. The molecule has 1 amide bonds. The number of carbonyl (C=O) groups is 1. The number of hydrogen-bond acceptors (Lipinski definition) is 4. The topological polar surface area (TPSA) is 47.0 Å². The Balaban J connectivity index is 1.52. The first kappa shape index (κ1) is 20.2. The summed E-state index contributed by atoms with van der Waals surface area (Å²) in [7, 11) is 0. The van der Waals surface area contributed by atoms with E-state index in [1.54, 1.807) is 12.1 Å². The molecule has 0 saturated carbocycles. The van der Waals surface area contributed by atoms with E-state index in [1.807, 2.05) is 17.0 Å². The van der Waals surface area contributed by atoms with Crippen molar-refractivity contribution in [3.8, 4) is 5.75 Å². The van der Waals surface area contributed by atoms with Gasteiger partial charge in [-0.25, -0.2) is 0 Å². The third kappa shape index (κ3) is 5.49. The Morgan fingerprint density at radius 2 is 1.64 bits per heavy atom. The van der Waals surface area contributed by atoms with Gasteiger partial charge in [-0.05, 0) is 43.2 Å². The van der Waals surface area contributed by atoms with Crippen LogP contribution in [0.4, 0.5) is 5.69 Å². The van der Waals surface area contributed by atoms with Crippen LogP contribution < -0.4 is 4.90 Å². The SMILES string of the molecule is CCCN(Cc1ccc(C)cc1)C(=O)CN1CCN(c2ccc(O)cc2)CC1. The van der Waals surface area contributed by atoms with Crippen molar-refractivity contribution >= 4 is 11.6 Å². The van der Waals surface area contributed by atoms with Gasteiger partial charge in [0.15, 0.2) is 0 Å². The van der Waals surface area contributed by atoms with Gasteiger partial charge in [0.25, 0.3) is 0 Å². The quantitative estimate of drug-likeness (QED) is 0.800. The molecule has 1 saturated heterocycles. The molecule has 0 aromatic heterocycles. The lowest BCUT2D eigenvalue weighted by Crippen LogP contribution is -2.50. The highest BCUT2D eigenvalue weighted by Gasteiger charge is 2.22. The van der Waals surface area contributed by atoms with Crippen molar-refractivity contribution in [2.75, 3.05) is 44.2 Å². The zero-order valence-electron chi connectivity index (χ0n) is 17.0. The van der Waals surface area contributed by atoms with E-state index < -0.39 is 0 Å². The van der Waals surface area contributed by atoms with Crippen molar-refractivity contribution in [1.29, 1.82) is 0 Å². The van der Waals surface area contributed by atoms with Crippen LogP contribution >= 0.6 is 0 Å². The lowest BCUT2D eigenvalue weighted by molar-refractivity contribution is -0.133. The number of benzene rings is 2. The number of aromatic hydroxyl groups is 1. The zero-order valence-corrected chi connectivity index (χ0v) is 17.0. The molecule has 5 heteroatoms. The Labute approximate surface area is 168 Å². The minimum absolute atomic E-state index is 0.209. The first-order chi connectivity index (χ1) is 13.5. The highest BCUT2D eigenvalue weighted by atomic mass is 16.3. The Bertz CT molecular complexity index is 750. The summed E-state index contributed by atoms with van der Waals surface area (Å²) in [5, 5.41) is 9.44. The largest absolute Gasteiger partial charge is 0.508 e. The summed E-state index contributed by atoms with van der Waals surface area (Å²) in [5.41, 5.74) is 3.55. The lowest BCUT2D eigenvalue weighted by Gasteiger charge is -2.36. The summed E-state index contributed by atoms with van der Waals surface area (Å²) in [6, 6.07) is 15.8. The van der Waals surface area contributed by atoms with Gasteiger partial charge in [-0.2, -0.15) is 0 Å². The summed E-state index contributed by atoms with van der Waals surface area (Å²) in [6.45, 7) is 9.68. The van der Waals surface area contributed by atoms with E-state index in [0.29, 0.717) is 13.1 Å². The summed E-state index contributed by atoms with van der Waals surface area (Å²) < 4.78 is 0. The zero-order chi connectivity index (χ0) is 19.9. The van der Waals surface area contributed by atoms with Gasteiger partial charge in [-0.3, -0.25) is 9.69 Å². The number of phenolic OH excluding ortho intramolecular Hbond substituents is 1. The fraction of sp³-hybridized carbons (Fsp3) is 0.435. The van der Waals surface area contributed by atoms with E-state index in [1.165, 1.54) is 11.1 Å². The summed E-state index contributed by atoms with van der Waals surface area (Å²) in [6.07, 6.45) is 0.965. The van der Waals surface area contributed by atoms with Gasteiger partial charge in [0.2, 0.25) is 5.91 Å². The summed E-state index contributed by atoms with van der Waals surface area (Å²) in [5.74, 6) is 0.498. The molecule has 0 spiro atoms. The van der Waals surface area contributed by atoms with Crippen LogP contribution in [0.5, 0.6) is 5.75 Å². The van der Waals surface area contributed by atoms with Crippen LogP contribution in [0.1, 0.15) is 24.5 Å². The number of amides is 1. The Morgan fingerprint density at radius 3 is 2.25 bits per heavy atom. The first-order valence-electron chi connectivity index (χ1n) is 10.1. The van der Waals surface area contributed by atoms with Crippen LogP contribution in [0, 0.1) is 6.92 Å². The number of carbonyl (C=O) groups excluding carboxylic acids is 1. The molecule has 5 nitrogen and oxygen atoms in total. The second-order valence-electron chi connectivity index (χ2n) is 7.58. The molecule has 1 fully saturated rings. The third-order valence-electron chi connectivity index (χ3n) is 5.29. The van der Waals surface area contributed by atoms with Crippen molar-refractivity contribution in [2.24, 2.45) is 0 Å². The maximum atomic E-state index is 12.9. The van der Waals surface area contributed by atoms with Gasteiger partial charge >= 0.3 is 0 Å². The molecule has 0 unspecified atom stereocenters. The van der Waals surface area contributed by atoms with Crippen LogP contribution in [0.3, 0.4) is 0 Å². The minimum atomic E-state index is 0.209. The van der Waals surface area contributed by atoms with Crippen LogP contribution in [-0.2, 0) is 11.3 Å². The second kappa shape index (κ2) is 9.60. The van der Waals surface area contributed by atoms with Crippen LogP contribution in [0.15, 0.2) is 48.5 Å². The molecule has 3 rings (SSSR count). The number of phenols is 1. The molecular formula is C23H31N3O2. The fourth-order valence-corrected chi connectivity index (χ4v) is 3.59. The lowest BCUT2D eigenvalue weighted by atomic mass is 10.1. The molecule has 1 N–H and O–H groups in total. The van der Waals surface area contributed by atoms with E-state index in [9.17, 15) is 9.90 Å². The van der Waals surface area contributed by atoms with E-state index in [4.69, 9.17) is 0 Å². The van der Waals surface area contributed by atoms with E-state index in [2.05, 4.69) is 47.9 Å². The molecule has 0 atom stereocenters. The average molecular weight is 382 g/mol. The van der Waals surface area contributed by atoms with Gasteiger partial charge in [-0.15, -0.1) is 0 Å². The third-order valence-corrected chi connectivity index (χ3v) is 5.29. The molecule has 0 aliphatic carbocycles. The molecule has 150 valence electrons. The Hall–Kier alpha value is -2.53. The van der Waals surface area contributed by atoms with Crippen LogP contribution in [0.25, 0.3) is 0 Å². The fourth-order valence-electron chi connectivity index (χ4n) is 3.59. The first-order valence-corrected chi connectivity index (χ1v) is 10.1. The van der Waals surface area contributed by atoms with E-state index in [0.717, 1.165) is 44.8 Å². The predicted octanol–water partition coefficient (Wildman–Crippen LogP) is 3.26. The average Bonchev–Trinajstić information content (AvgIpc) is 2.70. The predicted molar refractivity (Wildman–Crippen MR) is 114 cm³/mol. The van der Waals surface area contributed by atoms with Crippen LogP contribution in [-0.4, -0.2) is 60.1 Å². The normalized spacial score (nSPS) is 14.9. The summed E-state index contributed by atoms with van der Waals surface area (Å²) in [4.78, 5) is 19.4. The molecule has 1 aliphatic rings. The van der Waals surface area contributed by atoms with Gasteiger partial charge in [0.05, 0.1) is 6.54 Å². The molecule has 2 aromatic rings. The number of nitrogens with zero attached hydrogens (tertiary/aromatic N) is 3. The molecular weight excluding hydrogens is 350 g/mol. The maximum absolute atomic E-state index is 12.9. The van der Waals surface area contributed by atoms with Crippen molar-refractivity contribution in [1.82, 2.24) is 9.80 Å². The van der Waals surface area contributed by atoms with Gasteiger partial charge < -0.3 is 14.9 Å². The number of piperazine rings is 1. The Kier molecular flexibility index (Phi) is 6.93. The molecule has 28 heavy (non-hydrogen) atoms. The molecule has 1 heterocycles. The maximum Gasteiger partial charge on any atom is 0.237 e. The molecule has 1 aliphatic heterocycles. The van der Waals surface area contributed by atoms with E-state index >= 15 is 0 Å². The molecule has 2 aromatic carbocycles. The highest BCUT2D eigenvalue weighted by Crippen LogP contribution is 2.20. The molecule has 0 bridgehead atoms. The van der Waals surface area contributed by atoms with Crippen LogP contribution in [0.2, 0.25) is 0 Å². The standard InChI is InChI=1S/C23H31N3O2/c1-3-12-26(17-20-6-4-19(2)5-7-20)23(28)18-24-13-15-25(16-14-24)21-8-10-22(27)11-9-21/h4-11,27H,3,12-18H2,1-2H3. The Morgan fingerprint density at radius 1 is 1.00 bits per heavy atom. The number of anilines is 1. The number of aryl methyl sites for hydroxylation is 1. The van der Waals surface area contributed by atoms with Crippen molar-refractivity contribution < 1.29 is 9.90 Å². The second-order valence-corrected chi connectivity index (χ2v) is 7.58. The van der Waals surface area contributed by atoms with Crippen molar-refractivity contribution in [3.63, 3.8) is 0 Å². The smallest absolute Gasteiger partial charge is 0.237 e. The minimum Gasteiger partial charge on any atom is -0.508 e. The van der Waals surface area contributed by atoms with Gasteiger partial charge in [-0.1, -0.05) is 36.8 Å². The highest BCUT2D eigenvalue weighted by molar-refractivity contribution is 5.78. The molecule has 0 radical (unpaired) electrons. The monoisotopic (exact) mass is 381 g/mol. The number of hydrogen-bond donors (Lipinski definition) is 1. The van der Waals surface area contributed by atoms with Crippen molar-refractivity contribution in [3.05, 3.63) is 59.7 Å². The van der Waals surface area contributed by atoms with Gasteiger partial charge in [0.1, 0.15) is 5.75 Å². The van der Waals surface area contributed by atoms with Gasteiger partial charge in [0, 0.05) is 45.0 Å². The van der Waals surface area contributed by atoms with Crippen molar-refractivity contribution in [2.45, 2.75) is 26.8 Å². The van der Waals surface area contributed by atoms with E-state index in [-0.39, 0.29) is 11.7 Å². The number of rotatable bonds is 7.